The number of pyridine rings is 1. The van der Waals surface area contributed by atoms with E-state index in [-0.39, 0.29) is 0 Å². The Bertz CT molecular complexity index is 569. The Morgan fingerprint density at radius 3 is 2.68 bits per heavy atom. The Hall–Kier alpha value is -1.91. The van der Waals surface area contributed by atoms with Crippen molar-refractivity contribution in [1.82, 2.24) is 19.7 Å². The SMILES string of the molecule is Cn1nc(C2CCCCC2)nc1-c1cccc(N)n1. The topological polar surface area (TPSA) is 69.6 Å². The van der Waals surface area contributed by atoms with Gasteiger partial charge in [0.25, 0.3) is 0 Å². The monoisotopic (exact) mass is 257 g/mol. The van der Waals surface area contributed by atoms with Gasteiger partial charge >= 0.3 is 0 Å². The summed E-state index contributed by atoms with van der Waals surface area (Å²) in [6.07, 6.45) is 6.32. The zero-order chi connectivity index (χ0) is 13.2. The van der Waals surface area contributed by atoms with Crippen LogP contribution in [0.4, 0.5) is 5.82 Å². The minimum Gasteiger partial charge on any atom is -0.384 e. The summed E-state index contributed by atoms with van der Waals surface area (Å²) in [6, 6.07) is 5.60. The lowest BCUT2D eigenvalue weighted by atomic mass is 9.89. The number of rotatable bonds is 2. The van der Waals surface area contributed by atoms with E-state index in [1.54, 1.807) is 6.07 Å². The highest BCUT2D eigenvalue weighted by Gasteiger charge is 2.21. The number of aromatic nitrogens is 4. The fraction of sp³-hybridized carbons (Fsp3) is 0.500. The number of anilines is 1. The van der Waals surface area contributed by atoms with Crippen molar-refractivity contribution < 1.29 is 0 Å². The maximum absolute atomic E-state index is 5.73. The molecule has 1 fully saturated rings. The maximum Gasteiger partial charge on any atom is 0.176 e. The van der Waals surface area contributed by atoms with Crippen molar-refractivity contribution in [3.05, 3.63) is 24.0 Å². The van der Waals surface area contributed by atoms with Gasteiger partial charge < -0.3 is 5.73 Å². The first-order valence-electron chi connectivity index (χ1n) is 6.88. The third-order valence-corrected chi connectivity index (χ3v) is 3.75. The van der Waals surface area contributed by atoms with Crippen LogP contribution in [0.5, 0.6) is 0 Å². The average Bonchev–Trinajstić information content (AvgIpc) is 2.82. The molecule has 0 radical (unpaired) electrons. The molecule has 0 saturated heterocycles. The van der Waals surface area contributed by atoms with Crippen LogP contribution >= 0.6 is 0 Å². The van der Waals surface area contributed by atoms with Crippen molar-refractivity contribution in [1.29, 1.82) is 0 Å². The number of hydrogen-bond acceptors (Lipinski definition) is 4. The van der Waals surface area contributed by atoms with E-state index in [1.807, 2.05) is 23.9 Å². The van der Waals surface area contributed by atoms with Gasteiger partial charge in [-0.2, -0.15) is 5.10 Å². The van der Waals surface area contributed by atoms with Crippen molar-refractivity contribution in [3.63, 3.8) is 0 Å². The quantitative estimate of drug-likeness (QED) is 0.897. The molecule has 0 unspecified atom stereocenters. The van der Waals surface area contributed by atoms with Crippen LogP contribution in [0.25, 0.3) is 11.5 Å². The second kappa shape index (κ2) is 4.99. The lowest BCUT2D eigenvalue weighted by Gasteiger charge is -2.18. The number of nitrogens with zero attached hydrogens (tertiary/aromatic N) is 4. The van der Waals surface area contributed by atoms with Crippen molar-refractivity contribution in [2.45, 2.75) is 38.0 Å². The van der Waals surface area contributed by atoms with Crippen molar-refractivity contribution in [2.75, 3.05) is 5.73 Å². The van der Waals surface area contributed by atoms with Gasteiger partial charge in [-0.15, -0.1) is 0 Å². The number of hydrogen-bond donors (Lipinski definition) is 1. The van der Waals surface area contributed by atoms with Crippen molar-refractivity contribution in [3.8, 4) is 11.5 Å². The highest BCUT2D eigenvalue weighted by atomic mass is 15.3. The molecule has 2 heterocycles. The molecule has 2 aromatic rings. The van der Waals surface area contributed by atoms with Gasteiger partial charge in [0.2, 0.25) is 0 Å². The van der Waals surface area contributed by atoms with Crippen LogP contribution in [0.15, 0.2) is 18.2 Å². The zero-order valence-electron chi connectivity index (χ0n) is 11.2. The Labute approximate surface area is 112 Å². The minimum atomic E-state index is 0.509. The van der Waals surface area contributed by atoms with Crippen LogP contribution in [-0.2, 0) is 7.05 Å². The van der Waals surface area contributed by atoms with Gasteiger partial charge in [0.15, 0.2) is 11.6 Å². The van der Waals surface area contributed by atoms with Gasteiger partial charge in [-0.1, -0.05) is 25.3 Å². The summed E-state index contributed by atoms with van der Waals surface area (Å²) < 4.78 is 1.81. The van der Waals surface area contributed by atoms with Crippen LogP contribution in [-0.4, -0.2) is 19.7 Å². The lowest BCUT2D eigenvalue weighted by molar-refractivity contribution is 0.427. The standard InChI is InChI=1S/C14H19N5/c1-19-14(11-8-5-9-12(15)16-11)17-13(18-19)10-6-3-2-4-7-10/h5,8-10H,2-4,6-7H2,1H3,(H2,15,16). The highest BCUT2D eigenvalue weighted by molar-refractivity contribution is 5.52. The molecule has 3 rings (SSSR count). The van der Waals surface area contributed by atoms with E-state index in [0.29, 0.717) is 11.7 Å². The van der Waals surface area contributed by atoms with Crippen LogP contribution in [0.2, 0.25) is 0 Å². The summed E-state index contributed by atoms with van der Waals surface area (Å²) in [5, 5.41) is 4.57. The van der Waals surface area contributed by atoms with Crippen LogP contribution in [0, 0.1) is 0 Å². The van der Waals surface area contributed by atoms with Crippen LogP contribution in [0.1, 0.15) is 43.8 Å². The molecule has 0 aliphatic heterocycles. The molecule has 2 N–H and O–H groups in total. The van der Waals surface area contributed by atoms with Crippen LogP contribution in [0.3, 0.4) is 0 Å². The fourth-order valence-electron chi connectivity index (χ4n) is 2.74. The van der Waals surface area contributed by atoms with E-state index in [2.05, 4.69) is 15.1 Å². The van der Waals surface area contributed by atoms with Gasteiger partial charge in [0, 0.05) is 13.0 Å². The average molecular weight is 257 g/mol. The summed E-state index contributed by atoms with van der Waals surface area (Å²) in [5.74, 6) is 2.78. The Morgan fingerprint density at radius 2 is 1.95 bits per heavy atom. The maximum atomic E-state index is 5.73. The molecular weight excluding hydrogens is 238 g/mol. The third kappa shape index (κ3) is 2.45. The van der Waals surface area contributed by atoms with E-state index in [4.69, 9.17) is 5.73 Å². The predicted molar refractivity (Wildman–Crippen MR) is 74.5 cm³/mol. The van der Waals surface area contributed by atoms with Gasteiger partial charge in [-0.3, -0.25) is 0 Å². The van der Waals surface area contributed by atoms with Gasteiger partial charge in [0.1, 0.15) is 11.5 Å². The molecule has 0 bridgehead atoms. The number of aryl methyl sites for hydroxylation is 1. The number of nitrogen functional groups attached to an aromatic ring is 1. The molecule has 5 heteroatoms. The predicted octanol–water partition coefficient (Wildman–Crippen LogP) is 2.51. The molecule has 1 aliphatic rings. The first-order valence-corrected chi connectivity index (χ1v) is 6.88. The fourth-order valence-corrected chi connectivity index (χ4v) is 2.74. The van der Waals surface area contributed by atoms with E-state index in [0.717, 1.165) is 17.3 Å². The molecule has 0 atom stereocenters. The second-order valence-corrected chi connectivity index (χ2v) is 5.20. The van der Waals surface area contributed by atoms with Crippen molar-refractivity contribution >= 4 is 5.82 Å². The molecular formula is C14H19N5. The largest absolute Gasteiger partial charge is 0.384 e. The molecule has 0 spiro atoms. The second-order valence-electron chi connectivity index (χ2n) is 5.20. The molecule has 100 valence electrons. The third-order valence-electron chi connectivity index (χ3n) is 3.75. The molecule has 0 amide bonds. The first kappa shape index (κ1) is 12.1. The molecule has 1 aliphatic carbocycles. The lowest BCUT2D eigenvalue weighted by Crippen LogP contribution is -2.06. The van der Waals surface area contributed by atoms with E-state index >= 15 is 0 Å². The van der Waals surface area contributed by atoms with E-state index < -0.39 is 0 Å². The van der Waals surface area contributed by atoms with Gasteiger partial charge in [0.05, 0.1) is 0 Å². The molecule has 5 nitrogen and oxygen atoms in total. The Balaban J connectivity index is 1.92. The summed E-state index contributed by atoms with van der Waals surface area (Å²) in [7, 11) is 1.92. The van der Waals surface area contributed by atoms with Gasteiger partial charge in [-0.25, -0.2) is 14.6 Å². The molecule has 19 heavy (non-hydrogen) atoms. The first-order chi connectivity index (χ1) is 9.24. The molecule has 1 saturated carbocycles. The summed E-state index contributed by atoms with van der Waals surface area (Å²) >= 11 is 0. The number of nitrogens with two attached hydrogens (primary N) is 1. The minimum absolute atomic E-state index is 0.509. The molecule has 2 aromatic heterocycles. The van der Waals surface area contributed by atoms with E-state index in [9.17, 15) is 0 Å². The molecule has 0 aromatic carbocycles. The Morgan fingerprint density at radius 1 is 1.16 bits per heavy atom. The van der Waals surface area contributed by atoms with Crippen LogP contribution < -0.4 is 5.73 Å². The van der Waals surface area contributed by atoms with Crippen molar-refractivity contribution in [2.24, 2.45) is 7.05 Å². The summed E-state index contributed by atoms with van der Waals surface area (Å²) in [5.41, 5.74) is 6.52. The zero-order valence-corrected chi connectivity index (χ0v) is 11.2. The summed E-state index contributed by atoms with van der Waals surface area (Å²) in [6.45, 7) is 0. The van der Waals surface area contributed by atoms with Gasteiger partial charge in [-0.05, 0) is 25.0 Å². The smallest absolute Gasteiger partial charge is 0.176 e. The summed E-state index contributed by atoms with van der Waals surface area (Å²) in [4.78, 5) is 9.00. The Kier molecular flexibility index (Phi) is 3.19. The van der Waals surface area contributed by atoms with E-state index in [1.165, 1.54) is 32.1 Å². The normalized spacial score (nSPS) is 16.7. The highest BCUT2D eigenvalue weighted by Crippen LogP contribution is 2.31.